The van der Waals surface area contributed by atoms with Gasteiger partial charge in [-0.2, -0.15) is 0 Å². The molecule has 1 aliphatic heterocycles. The molecule has 1 unspecified atom stereocenters. The van der Waals surface area contributed by atoms with Gasteiger partial charge in [0.1, 0.15) is 0 Å². The highest BCUT2D eigenvalue weighted by Gasteiger charge is 2.32. The number of hydrogen-bond acceptors (Lipinski definition) is 4. The predicted molar refractivity (Wildman–Crippen MR) is 74.7 cm³/mol. The summed E-state index contributed by atoms with van der Waals surface area (Å²) in [6, 6.07) is 4.99. The molecule has 0 radical (unpaired) electrons. The van der Waals surface area contributed by atoms with Gasteiger partial charge in [-0.25, -0.2) is 8.42 Å². The van der Waals surface area contributed by atoms with Crippen LogP contribution in [0.5, 0.6) is 0 Å². The maximum absolute atomic E-state index is 12.4. The third-order valence-electron chi connectivity index (χ3n) is 3.49. The number of anilines is 1. The molecule has 1 aromatic carbocycles. The second-order valence-electron chi connectivity index (χ2n) is 5.00. The summed E-state index contributed by atoms with van der Waals surface area (Å²) < 4.78 is 23.0. The van der Waals surface area contributed by atoms with E-state index >= 15 is 0 Å². The van der Waals surface area contributed by atoms with Crippen molar-refractivity contribution in [2.45, 2.75) is 19.9 Å². The molecule has 6 heteroatoms. The van der Waals surface area contributed by atoms with E-state index in [2.05, 4.69) is 0 Å². The molecular formula is C13H18N2O3S. The van der Waals surface area contributed by atoms with E-state index in [9.17, 15) is 13.2 Å². The van der Waals surface area contributed by atoms with Gasteiger partial charge in [-0.05, 0) is 25.5 Å². The molecule has 0 spiro atoms. The van der Waals surface area contributed by atoms with E-state index in [1.807, 2.05) is 13.0 Å². The fraction of sp³-hybridized carbons (Fsp3) is 0.462. The predicted octanol–water partition coefficient (Wildman–Crippen LogP) is 0.836. The Hall–Kier alpha value is -1.56. The van der Waals surface area contributed by atoms with E-state index < -0.39 is 9.84 Å². The van der Waals surface area contributed by atoms with Crippen molar-refractivity contribution in [3.63, 3.8) is 0 Å². The summed E-state index contributed by atoms with van der Waals surface area (Å²) in [7, 11) is -3.02. The first-order valence-electron chi connectivity index (χ1n) is 6.18. The first kappa shape index (κ1) is 13.9. The van der Waals surface area contributed by atoms with E-state index in [0.717, 1.165) is 5.56 Å². The number of para-hydroxylation sites is 1. The van der Waals surface area contributed by atoms with Crippen LogP contribution in [0.1, 0.15) is 22.8 Å². The summed E-state index contributed by atoms with van der Waals surface area (Å²) in [6.45, 7) is 3.83. The third kappa shape index (κ3) is 2.73. The van der Waals surface area contributed by atoms with E-state index in [1.54, 1.807) is 24.0 Å². The van der Waals surface area contributed by atoms with Crippen LogP contribution < -0.4 is 5.73 Å². The van der Waals surface area contributed by atoms with Crippen LogP contribution in [0.25, 0.3) is 0 Å². The minimum Gasteiger partial charge on any atom is -0.398 e. The number of aryl methyl sites for hydroxylation is 1. The maximum atomic E-state index is 12.4. The highest BCUT2D eigenvalue weighted by Crippen LogP contribution is 2.21. The van der Waals surface area contributed by atoms with Gasteiger partial charge in [-0.3, -0.25) is 4.79 Å². The Morgan fingerprint density at radius 2 is 2.11 bits per heavy atom. The van der Waals surface area contributed by atoms with E-state index in [0.29, 0.717) is 11.3 Å². The van der Waals surface area contributed by atoms with Crippen molar-refractivity contribution < 1.29 is 13.2 Å². The highest BCUT2D eigenvalue weighted by atomic mass is 32.2. The number of hydrogen-bond donors (Lipinski definition) is 1. The van der Waals surface area contributed by atoms with Gasteiger partial charge in [0.05, 0.1) is 17.1 Å². The average Bonchev–Trinajstić information content (AvgIpc) is 2.31. The van der Waals surface area contributed by atoms with Gasteiger partial charge in [0.25, 0.3) is 5.91 Å². The summed E-state index contributed by atoms with van der Waals surface area (Å²) >= 11 is 0. The lowest BCUT2D eigenvalue weighted by atomic mass is 10.1. The highest BCUT2D eigenvalue weighted by molar-refractivity contribution is 7.91. The molecule has 104 valence electrons. The third-order valence-corrected chi connectivity index (χ3v) is 5.28. The SMILES string of the molecule is Cc1cccc(C(=O)N2CCS(=O)(=O)CC2C)c1N. The van der Waals surface area contributed by atoms with Crippen molar-refractivity contribution in [2.75, 3.05) is 23.8 Å². The summed E-state index contributed by atoms with van der Waals surface area (Å²) in [4.78, 5) is 14.0. The largest absolute Gasteiger partial charge is 0.398 e. The topological polar surface area (TPSA) is 80.5 Å². The number of nitrogens with zero attached hydrogens (tertiary/aromatic N) is 1. The summed E-state index contributed by atoms with van der Waals surface area (Å²) in [5.41, 5.74) is 7.69. The van der Waals surface area contributed by atoms with Crippen molar-refractivity contribution >= 4 is 21.4 Å². The normalized spacial score (nSPS) is 22.2. The minimum absolute atomic E-state index is 0.0183. The van der Waals surface area contributed by atoms with Gasteiger partial charge < -0.3 is 10.6 Å². The Labute approximate surface area is 113 Å². The lowest BCUT2D eigenvalue weighted by Crippen LogP contribution is -2.49. The Bertz CT molecular complexity index is 610. The Morgan fingerprint density at radius 3 is 2.74 bits per heavy atom. The van der Waals surface area contributed by atoms with Crippen LogP contribution in [0.4, 0.5) is 5.69 Å². The zero-order chi connectivity index (χ0) is 14.2. The summed E-state index contributed by atoms with van der Waals surface area (Å²) in [5.74, 6) is -0.150. The Morgan fingerprint density at radius 1 is 1.42 bits per heavy atom. The lowest BCUT2D eigenvalue weighted by molar-refractivity contribution is 0.0713. The second kappa shape index (κ2) is 4.85. The van der Waals surface area contributed by atoms with Crippen molar-refractivity contribution in [3.8, 4) is 0 Å². The van der Waals surface area contributed by atoms with E-state index in [4.69, 9.17) is 5.73 Å². The first-order chi connectivity index (χ1) is 8.82. The number of carbonyl (C=O) groups excluding carboxylic acids is 1. The first-order valence-corrected chi connectivity index (χ1v) is 8.00. The van der Waals surface area contributed by atoms with Gasteiger partial charge in [0.15, 0.2) is 9.84 Å². The maximum Gasteiger partial charge on any atom is 0.256 e. The zero-order valence-corrected chi connectivity index (χ0v) is 11.9. The Kier molecular flexibility index (Phi) is 3.54. The molecule has 2 N–H and O–H groups in total. The molecule has 1 saturated heterocycles. The van der Waals surface area contributed by atoms with Crippen LogP contribution in [0.15, 0.2) is 18.2 Å². The molecule has 0 bridgehead atoms. The standard InChI is InChI=1S/C13H18N2O3S/c1-9-4-3-5-11(12(9)14)13(16)15-6-7-19(17,18)8-10(15)2/h3-5,10H,6-8,14H2,1-2H3. The molecule has 0 aromatic heterocycles. The van der Waals surface area contributed by atoms with Crippen molar-refractivity contribution in [2.24, 2.45) is 0 Å². The number of rotatable bonds is 1. The second-order valence-corrected chi connectivity index (χ2v) is 7.23. The van der Waals surface area contributed by atoms with Crippen molar-refractivity contribution in [1.82, 2.24) is 4.90 Å². The van der Waals surface area contributed by atoms with Crippen molar-refractivity contribution in [3.05, 3.63) is 29.3 Å². The van der Waals surface area contributed by atoms with Crippen LogP contribution in [-0.4, -0.2) is 43.3 Å². The van der Waals surface area contributed by atoms with Crippen LogP contribution in [0, 0.1) is 6.92 Å². The lowest BCUT2D eigenvalue weighted by Gasteiger charge is -2.33. The molecule has 0 aliphatic carbocycles. The zero-order valence-electron chi connectivity index (χ0n) is 11.1. The van der Waals surface area contributed by atoms with Crippen LogP contribution in [0.2, 0.25) is 0 Å². The summed E-state index contributed by atoms with van der Waals surface area (Å²) in [6.07, 6.45) is 0. The number of nitrogens with two attached hydrogens (primary N) is 1. The molecule has 19 heavy (non-hydrogen) atoms. The fourth-order valence-electron chi connectivity index (χ4n) is 2.32. The van der Waals surface area contributed by atoms with E-state index in [-0.39, 0.29) is 30.0 Å². The molecule has 1 heterocycles. The number of amides is 1. The quantitative estimate of drug-likeness (QED) is 0.774. The monoisotopic (exact) mass is 282 g/mol. The molecule has 1 fully saturated rings. The number of benzene rings is 1. The van der Waals surface area contributed by atoms with Crippen LogP contribution >= 0.6 is 0 Å². The van der Waals surface area contributed by atoms with Gasteiger partial charge in [0, 0.05) is 18.3 Å². The molecule has 0 saturated carbocycles. The number of carbonyl (C=O) groups is 1. The molecule has 1 aromatic rings. The smallest absolute Gasteiger partial charge is 0.256 e. The van der Waals surface area contributed by atoms with Gasteiger partial charge in [-0.15, -0.1) is 0 Å². The van der Waals surface area contributed by atoms with E-state index in [1.165, 1.54) is 0 Å². The Balaban J connectivity index is 2.28. The van der Waals surface area contributed by atoms with Crippen molar-refractivity contribution in [1.29, 1.82) is 0 Å². The molecule has 1 atom stereocenters. The molecule has 1 amide bonds. The van der Waals surface area contributed by atoms with Gasteiger partial charge in [0.2, 0.25) is 0 Å². The van der Waals surface area contributed by atoms with Gasteiger partial charge in [-0.1, -0.05) is 12.1 Å². The molecule has 1 aliphatic rings. The van der Waals surface area contributed by atoms with Gasteiger partial charge >= 0.3 is 0 Å². The summed E-state index contributed by atoms with van der Waals surface area (Å²) in [5, 5.41) is 0. The number of nitrogen functional groups attached to an aromatic ring is 1. The average molecular weight is 282 g/mol. The van der Waals surface area contributed by atoms with Crippen LogP contribution in [-0.2, 0) is 9.84 Å². The van der Waals surface area contributed by atoms with Crippen LogP contribution in [0.3, 0.4) is 0 Å². The fourth-order valence-corrected chi connectivity index (χ4v) is 3.88. The number of sulfone groups is 1. The molecule has 2 rings (SSSR count). The minimum atomic E-state index is -3.02. The molecule has 5 nitrogen and oxygen atoms in total. The molecular weight excluding hydrogens is 264 g/mol.